The molecule has 1 aromatic heterocycles. The Morgan fingerprint density at radius 2 is 1.85 bits per heavy atom. The summed E-state index contributed by atoms with van der Waals surface area (Å²) in [5.41, 5.74) is 0.420. The second-order valence-electron chi connectivity index (χ2n) is 10.6. The van der Waals surface area contributed by atoms with Crippen molar-refractivity contribution < 1.29 is 31.2 Å². The summed E-state index contributed by atoms with van der Waals surface area (Å²) in [5, 5.41) is 4.71. The highest BCUT2D eigenvalue weighted by molar-refractivity contribution is 7.86. The average molecular weight is 628 g/mol. The number of hydrogen-bond acceptors (Lipinski definition) is 9. The zero-order chi connectivity index (χ0) is 30.8. The Kier molecular flexibility index (Phi) is 9.76. The van der Waals surface area contributed by atoms with Crippen molar-refractivity contribution in [3.8, 4) is 35.3 Å². The van der Waals surface area contributed by atoms with Gasteiger partial charge < -0.3 is 22.8 Å². The van der Waals surface area contributed by atoms with E-state index in [0.29, 0.717) is 29.7 Å². The smallest absolute Gasteiger partial charge is 0.442 e. The van der Waals surface area contributed by atoms with Crippen LogP contribution in [0.15, 0.2) is 39.5 Å². The quantitative estimate of drug-likeness (QED) is 0.247. The molecule has 1 aliphatic heterocycles. The number of fused-ring (bicyclic) bond motifs is 1. The van der Waals surface area contributed by atoms with E-state index in [0.717, 1.165) is 16.5 Å². The third-order valence-electron chi connectivity index (χ3n) is 5.76. The normalized spacial score (nSPS) is 15.7. The Balaban J connectivity index is 0.000000228. The molecular weight excluding hydrogens is 595 g/mol. The van der Waals surface area contributed by atoms with Crippen molar-refractivity contribution in [2.45, 2.75) is 58.7 Å². The fourth-order valence-electron chi connectivity index (χ4n) is 3.77. The van der Waals surface area contributed by atoms with Gasteiger partial charge in [-0.1, -0.05) is 49.9 Å². The summed E-state index contributed by atoms with van der Waals surface area (Å²) in [7, 11) is -3.53. The van der Waals surface area contributed by atoms with Gasteiger partial charge in [0.1, 0.15) is 23.9 Å². The summed E-state index contributed by atoms with van der Waals surface area (Å²) < 4.78 is 50.0. The molecule has 2 aromatic carbocycles. The number of nitrogens with zero attached hydrogens (tertiary/aromatic N) is 2. The molecule has 41 heavy (non-hydrogen) atoms. The monoisotopic (exact) mass is 626 g/mol. The highest BCUT2D eigenvalue weighted by Crippen LogP contribution is 2.44. The van der Waals surface area contributed by atoms with Gasteiger partial charge in [0.15, 0.2) is 0 Å². The molecule has 10 nitrogen and oxygen atoms in total. The van der Waals surface area contributed by atoms with E-state index in [-0.39, 0.29) is 34.1 Å². The number of rotatable bonds is 7. The molecule has 0 amide bonds. The molecule has 3 aromatic rings. The van der Waals surface area contributed by atoms with E-state index in [2.05, 4.69) is 11.0 Å². The second kappa shape index (κ2) is 12.4. The van der Waals surface area contributed by atoms with Crippen LogP contribution in [-0.4, -0.2) is 44.0 Å². The molecule has 0 spiro atoms. The standard InChI is InChI=1S/C15H14Cl2N2O3.C13H18O5S/c1-5-6-21-12-8-11(9(16)7-10(12)17)19-14(20)22-13(18-19)15(2,3)4;1-5-16-12-13(2,3)10-8-9(18-19(4,14)15)6-7-11(10)17-12/h1,7-8H,6H2,2-4H3;6-8,12H,5H2,1-4H3. The van der Waals surface area contributed by atoms with Crippen LogP contribution in [0, 0.1) is 12.3 Å². The van der Waals surface area contributed by atoms with Gasteiger partial charge in [-0.3, -0.25) is 0 Å². The van der Waals surface area contributed by atoms with Crippen LogP contribution in [0.5, 0.6) is 17.2 Å². The molecule has 13 heteroatoms. The van der Waals surface area contributed by atoms with E-state index in [1.54, 1.807) is 18.2 Å². The van der Waals surface area contributed by atoms with Crippen LogP contribution in [0.2, 0.25) is 10.0 Å². The maximum atomic E-state index is 12.0. The number of benzene rings is 2. The maximum Gasteiger partial charge on any atom is 0.442 e. The topological polar surface area (TPSA) is 119 Å². The zero-order valence-corrected chi connectivity index (χ0v) is 26.1. The molecule has 4 rings (SSSR count). The van der Waals surface area contributed by atoms with E-state index < -0.39 is 21.3 Å². The van der Waals surface area contributed by atoms with Gasteiger partial charge in [-0.15, -0.1) is 11.5 Å². The molecule has 0 N–H and O–H groups in total. The minimum atomic E-state index is -3.53. The van der Waals surface area contributed by atoms with Crippen molar-refractivity contribution in [3.05, 3.63) is 62.4 Å². The molecule has 0 aliphatic carbocycles. The van der Waals surface area contributed by atoms with Crippen LogP contribution >= 0.6 is 23.2 Å². The minimum Gasteiger partial charge on any atom is -0.479 e. The number of terminal acetylenes is 1. The van der Waals surface area contributed by atoms with E-state index in [9.17, 15) is 13.2 Å². The third kappa shape index (κ3) is 7.77. The molecule has 0 bridgehead atoms. The first-order valence-electron chi connectivity index (χ1n) is 12.5. The summed E-state index contributed by atoms with van der Waals surface area (Å²) in [6.45, 7) is 12.1. The molecule has 1 atom stereocenters. The Morgan fingerprint density at radius 1 is 1.17 bits per heavy atom. The highest BCUT2D eigenvalue weighted by atomic mass is 35.5. The van der Waals surface area contributed by atoms with Gasteiger partial charge in [-0.25, -0.2) is 4.79 Å². The molecule has 0 radical (unpaired) electrons. The predicted molar refractivity (Wildman–Crippen MR) is 156 cm³/mol. The van der Waals surface area contributed by atoms with Gasteiger partial charge in [-0.05, 0) is 45.0 Å². The summed E-state index contributed by atoms with van der Waals surface area (Å²) >= 11 is 12.2. The van der Waals surface area contributed by atoms with Gasteiger partial charge in [0.05, 0.1) is 27.4 Å². The largest absolute Gasteiger partial charge is 0.479 e. The molecule has 1 unspecified atom stereocenters. The van der Waals surface area contributed by atoms with Crippen LogP contribution in [0.25, 0.3) is 5.69 Å². The lowest BCUT2D eigenvalue weighted by atomic mass is 9.85. The second-order valence-corrected chi connectivity index (χ2v) is 13.0. The molecule has 222 valence electrons. The fourth-order valence-corrected chi connectivity index (χ4v) is 4.74. The van der Waals surface area contributed by atoms with Gasteiger partial charge >= 0.3 is 15.9 Å². The lowest BCUT2D eigenvalue weighted by Gasteiger charge is -2.25. The zero-order valence-electron chi connectivity index (χ0n) is 23.8. The van der Waals surface area contributed by atoms with Gasteiger partial charge in [0.2, 0.25) is 12.2 Å². The van der Waals surface area contributed by atoms with Crippen molar-refractivity contribution in [2.75, 3.05) is 19.5 Å². The lowest BCUT2D eigenvalue weighted by molar-refractivity contribution is -0.0981. The van der Waals surface area contributed by atoms with Crippen molar-refractivity contribution in [1.82, 2.24) is 9.78 Å². The lowest BCUT2D eigenvalue weighted by Crippen LogP contribution is -2.34. The number of aromatic nitrogens is 2. The van der Waals surface area contributed by atoms with Gasteiger partial charge in [0.25, 0.3) is 0 Å². The van der Waals surface area contributed by atoms with Crippen molar-refractivity contribution in [2.24, 2.45) is 0 Å². The maximum absolute atomic E-state index is 12.0. The number of ether oxygens (including phenoxy) is 3. The van der Waals surface area contributed by atoms with Crippen molar-refractivity contribution in [1.29, 1.82) is 0 Å². The Morgan fingerprint density at radius 3 is 2.41 bits per heavy atom. The van der Waals surface area contributed by atoms with Crippen LogP contribution in [0.3, 0.4) is 0 Å². The van der Waals surface area contributed by atoms with E-state index in [1.165, 1.54) is 12.1 Å². The average Bonchev–Trinajstić information content (AvgIpc) is 3.36. The van der Waals surface area contributed by atoms with Gasteiger partial charge in [-0.2, -0.15) is 13.1 Å². The van der Waals surface area contributed by atoms with Crippen LogP contribution < -0.4 is 19.4 Å². The summed E-state index contributed by atoms with van der Waals surface area (Å²) in [6, 6.07) is 7.93. The third-order valence-corrected chi connectivity index (χ3v) is 6.86. The molecule has 2 heterocycles. The van der Waals surface area contributed by atoms with E-state index in [4.69, 9.17) is 52.4 Å². The van der Waals surface area contributed by atoms with Crippen molar-refractivity contribution >= 4 is 33.3 Å². The van der Waals surface area contributed by atoms with Crippen LogP contribution in [0.4, 0.5) is 0 Å². The van der Waals surface area contributed by atoms with Crippen LogP contribution in [-0.2, 0) is 25.7 Å². The van der Waals surface area contributed by atoms with Crippen molar-refractivity contribution in [3.63, 3.8) is 0 Å². The Bertz CT molecular complexity index is 1620. The minimum absolute atomic E-state index is 0.0434. The Hall–Kier alpha value is -3.17. The first kappa shape index (κ1) is 32.3. The molecule has 0 fully saturated rings. The summed E-state index contributed by atoms with van der Waals surface area (Å²) in [6.07, 6.45) is 5.80. The Labute approximate surface area is 249 Å². The van der Waals surface area contributed by atoms with E-state index >= 15 is 0 Å². The first-order valence-corrected chi connectivity index (χ1v) is 15.0. The molecule has 0 saturated carbocycles. The summed E-state index contributed by atoms with van der Waals surface area (Å²) in [5.74, 6) is 3.29. The molecular formula is C28H32Cl2N2O8S. The molecule has 0 saturated heterocycles. The fraction of sp³-hybridized carbons (Fsp3) is 0.429. The highest BCUT2D eigenvalue weighted by Gasteiger charge is 2.42. The number of halogens is 2. The van der Waals surface area contributed by atoms with Crippen LogP contribution in [0.1, 0.15) is 53.0 Å². The summed E-state index contributed by atoms with van der Waals surface area (Å²) in [4.78, 5) is 12.0. The number of hydrogen-bond donors (Lipinski definition) is 0. The van der Waals surface area contributed by atoms with E-state index in [1.807, 2.05) is 41.5 Å². The predicted octanol–water partition coefficient (Wildman–Crippen LogP) is 5.50. The molecule has 1 aliphatic rings. The SMILES string of the molecule is C#CCOc1cc(-n2nc(C(C)(C)C)oc2=O)c(Cl)cc1Cl.CCOC1Oc2ccc(OS(C)(=O)=O)cc2C1(C)C. The van der Waals surface area contributed by atoms with Gasteiger partial charge in [0, 0.05) is 23.7 Å². The first-order chi connectivity index (χ1) is 19.0.